The van der Waals surface area contributed by atoms with E-state index in [-0.39, 0.29) is 24.0 Å². The van der Waals surface area contributed by atoms with Gasteiger partial charge in [0.2, 0.25) is 5.91 Å². The lowest BCUT2D eigenvalue weighted by molar-refractivity contribution is -0.117. The molecule has 0 spiro atoms. The average Bonchev–Trinajstić information content (AvgIpc) is 2.83. The molecule has 1 aliphatic rings. The van der Waals surface area contributed by atoms with Crippen molar-refractivity contribution in [3.8, 4) is 11.1 Å². The van der Waals surface area contributed by atoms with Gasteiger partial charge in [-0.2, -0.15) is 0 Å². The van der Waals surface area contributed by atoms with Crippen molar-refractivity contribution >= 4 is 35.0 Å². The van der Waals surface area contributed by atoms with Crippen LogP contribution >= 0.6 is 0 Å². The normalized spacial score (nSPS) is 14.9. The minimum absolute atomic E-state index is 0.0860. The van der Waals surface area contributed by atoms with Gasteiger partial charge >= 0.3 is 6.09 Å². The number of ether oxygens (including phenoxy) is 1. The van der Waals surface area contributed by atoms with Crippen molar-refractivity contribution in [1.82, 2.24) is 0 Å². The number of benzene rings is 3. The van der Waals surface area contributed by atoms with Gasteiger partial charge in [0.25, 0.3) is 5.91 Å². The lowest BCUT2D eigenvalue weighted by atomic mass is 9.99. The Bertz CT molecular complexity index is 1240. The number of fused-ring (bicyclic) bond motifs is 1. The first kappa shape index (κ1) is 24.0. The zero-order valence-corrected chi connectivity index (χ0v) is 20.3. The van der Waals surface area contributed by atoms with Crippen molar-refractivity contribution < 1.29 is 19.1 Å². The van der Waals surface area contributed by atoms with Gasteiger partial charge in [-0.15, -0.1) is 0 Å². The maximum atomic E-state index is 12.9. The zero-order chi connectivity index (χ0) is 25.1. The molecule has 3 amide bonds. The van der Waals surface area contributed by atoms with Crippen LogP contribution in [0.5, 0.6) is 0 Å². The Kier molecular flexibility index (Phi) is 6.87. The first-order valence-corrected chi connectivity index (χ1v) is 11.6. The molecule has 3 aromatic carbocycles. The minimum Gasteiger partial charge on any atom is -0.446 e. The van der Waals surface area contributed by atoms with E-state index in [1.165, 1.54) is 6.92 Å². The van der Waals surface area contributed by atoms with Gasteiger partial charge < -0.3 is 15.0 Å². The molecular formula is C28H29N3O4. The molecule has 3 aromatic rings. The van der Waals surface area contributed by atoms with Crippen LogP contribution < -0.4 is 15.1 Å². The highest BCUT2D eigenvalue weighted by molar-refractivity contribution is 6.05. The summed E-state index contributed by atoms with van der Waals surface area (Å²) >= 11 is 0. The van der Waals surface area contributed by atoms with Gasteiger partial charge in [0, 0.05) is 24.7 Å². The summed E-state index contributed by atoms with van der Waals surface area (Å²) in [7, 11) is 0. The molecule has 35 heavy (non-hydrogen) atoms. The summed E-state index contributed by atoms with van der Waals surface area (Å²) in [6.45, 7) is 7.38. The molecule has 7 heteroatoms. The maximum absolute atomic E-state index is 12.9. The number of carbonyl (C=O) groups excluding carboxylic acids is 3. The number of rotatable bonds is 4. The number of nitrogens with zero attached hydrogens (tertiary/aromatic N) is 2. The molecule has 0 saturated heterocycles. The summed E-state index contributed by atoms with van der Waals surface area (Å²) in [6, 6.07) is 22.0. The summed E-state index contributed by atoms with van der Waals surface area (Å²) in [5.74, 6) is -0.279. The van der Waals surface area contributed by atoms with Crippen molar-refractivity contribution in [3.63, 3.8) is 0 Å². The average molecular weight is 472 g/mol. The second-order valence-electron chi connectivity index (χ2n) is 8.88. The van der Waals surface area contributed by atoms with Crippen molar-refractivity contribution in [2.75, 3.05) is 21.7 Å². The van der Waals surface area contributed by atoms with Crippen LogP contribution in [0.1, 0.15) is 38.1 Å². The molecule has 0 aromatic heterocycles. The number of hydrogen-bond donors (Lipinski definition) is 1. The van der Waals surface area contributed by atoms with Crippen LogP contribution in [0.3, 0.4) is 0 Å². The summed E-state index contributed by atoms with van der Waals surface area (Å²) in [5.41, 5.74) is 4.29. The fourth-order valence-corrected chi connectivity index (χ4v) is 4.26. The van der Waals surface area contributed by atoms with Crippen molar-refractivity contribution in [2.45, 2.75) is 39.8 Å². The van der Waals surface area contributed by atoms with Gasteiger partial charge in [-0.3, -0.25) is 14.5 Å². The van der Waals surface area contributed by atoms with E-state index in [0.29, 0.717) is 23.5 Å². The van der Waals surface area contributed by atoms with E-state index in [2.05, 4.69) is 5.32 Å². The van der Waals surface area contributed by atoms with Crippen molar-refractivity contribution in [2.24, 2.45) is 0 Å². The fourth-order valence-electron chi connectivity index (χ4n) is 4.26. The predicted molar refractivity (Wildman–Crippen MR) is 138 cm³/mol. The van der Waals surface area contributed by atoms with E-state index >= 15 is 0 Å². The molecule has 1 heterocycles. The van der Waals surface area contributed by atoms with Crippen molar-refractivity contribution in [3.05, 3.63) is 78.4 Å². The maximum Gasteiger partial charge on any atom is 0.414 e. The smallest absolute Gasteiger partial charge is 0.414 e. The van der Waals surface area contributed by atoms with Crippen LogP contribution in [0, 0.1) is 0 Å². The summed E-state index contributed by atoms with van der Waals surface area (Å²) in [6.07, 6.45) is -0.703. The summed E-state index contributed by atoms with van der Waals surface area (Å²) < 4.78 is 5.47. The largest absolute Gasteiger partial charge is 0.446 e. The Hall–Kier alpha value is -4.13. The minimum atomic E-state index is -0.443. The van der Waals surface area contributed by atoms with Gasteiger partial charge in [0.1, 0.15) is 0 Å². The number of amides is 3. The Morgan fingerprint density at radius 1 is 0.914 bits per heavy atom. The van der Waals surface area contributed by atoms with E-state index in [0.717, 1.165) is 16.8 Å². The third-order valence-corrected chi connectivity index (χ3v) is 5.82. The van der Waals surface area contributed by atoms with E-state index in [1.807, 2.05) is 67.6 Å². The molecule has 7 nitrogen and oxygen atoms in total. The molecule has 1 unspecified atom stereocenters. The highest BCUT2D eigenvalue weighted by atomic mass is 16.6. The number of nitrogens with one attached hydrogen (secondary N) is 1. The molecule has 4 rings (SSSR count). The number of carbonyl (C=O) groups is 3. The van der Waals surface area contributed by atoms with Crippen LogP contribution in [0.2, 0.25) is 0 Å². The summed E-state index contributed by atoms with van der Waals surface area (Å²) in [4.78, 5) is 41.1. The van der Waals surface area contributed by atoms with Crippen LogP contribution in [-0.2, 0) is 9.53 Å². The number of hydrogen-bond acceptors (Lipinski definition) is 4. The third-order valence-electron chi connectivity index (χ3n) is 5.82. The molecule has 0 fully saturated rings. The molecule has 1 N–H and O–H groups in total. The molecule has 0 saturated carbocycles. The Morgan fingerprint density at radius 3 is 2.20 bits per heavy atom. The van der Waals surface area contributed by atoms with Crippen LogP contribution in [0.25, 0.3) is 11.1 Å². The Labute approximate surface area is 205 Å². The van der Waals surface area contributed by atoms with Gasteiger partial charge in [0.05, 0.1) is 23.5 Å². The predicted octanol–water partition coefficient (Wildman–Crippen LogP) is 5.71. The van der Waals surface area contributed by atoms with E-state index in [1.54, 1.807) is 35.8 Å². The van der Waals surface area contributed by atoms with Crippen LogP contribution in [-0.4, -0.2) is 36.6 Å². The summed E-state index contributed by atoms with van der Waals surface area (Å²) in [5, 5.41) is 2.88. The standard InChI is InChI=1S/C28H29N3O4/c1-18(2)35-28(34)30-17-19(3)31(20(4)32)25-15-14-23(16-26(25)30)21-10-12-22(13-11-21)27(33)29-24-8-6-5-7-9-24/h5-16,18-19H,17H2,1-4H3,(H,29,33). The Morgan fingerprint density at radius 2 is 1.57 bits per heavy atom. The molecule has 0 radical (unpaired) electrons. The topological polar surface area (TPSA) is 79.0 Å². The van der Waals surface area contributed by atoms with Crippen LogP contribution in [0.15, 0.2) is 72.8 Å². The molecule has 0 aliphatic carbocycles. The highest BCUT2D eigenvalue weighted by Gasteiger charge is 2.34. The third kappa shape index (κ3) is 5.19. The SMILES string of the molecule is CC(=O)N1c2ccc(-c3ccc(C(=O)Nc4ccccc4)cc3)cc2N(C(=O)OC(C)C)CC1C. The number of anilines is 3. The monoisotopic (exact) mass is 471 g/mol. The highest BCUT2D eigenvalue weighted by Crippen LogP contribution is 2.39. The molecule has 1 atom stereocenters. The quantitative estimate of drug-likeness (QED) is 0.528. The number of para-hydroxylation sites is 1. The van der Waals surface area contributed by atoms with Crippen LogP contribution in [0.4, 0.5) is 21.9 Å². The fraction of sp³-hybridized carbons (Fsp3) is 0.250. The molecule has 180 valence electrons. The van der Waals surface area contributed by atoms with E-state index in [9.17, 15) is 14.4 Å². The van der Waals surface area contributed by atoms with Crippen molar-refractivity contribution in [1.29, 1.82) is 0 Å². The molecule has 0 bridgehead atoms. The molecular weight excluding hydrogens is 442 g/mol. The first-order valence-electron chi connectivity index (χ1n) is 11.6. The van der Waals surface area contributed by atoms with E-state index in [4.69, 9.17) is 4.74 Å². The van der Waals surface area contributed by atoms with Gasteiger partial charge in [-0.1, -0.05) is 36.4 Å². The zero-order valence-electron chi connectivity index (χ0n) is 20.3. The second-order valence-corrected chi connectivity index (χ2v) is 8.88. The lowest BCUT2D eigenvalue weighted by Crippen LogP contribution is -2.51. The van der Waals surface area contributed by atoms with Gasteiger partial charge in [-0.25, -0.2) is 4.79 Å². The second kappa shape index (κ2) is 10.0. The first-order chi connectivity index (χ1) is 16.7. The molecule has 1 aliphatic heterocycles. The lowest BCUT2D eigenvalue weighted by Gasteiger charge is -2.40. The van der Waals surface area contributed by atoms with Gasteiger partial charge in [0.15, 0.2) is 0 Å². The van der Waals surface area contributed by atoms with Gasteiger partial charge in [-0.05, 0) is 68.3 Å². The van der Waals surface area contributed by atoms with E-state index < -0.39 is 6.09 Å². The Balaban J connectivity index is 1.64.